The lowest BCUT2D eigenvalue weighted by Crippen LogP contribution is -1.98. The Hall–Kier alpha value is -1.62. The van der Waals surface area contributed by atoms with Gasteiger partial charge in [0.2, 0.25) is 0 Å². The second kappa shape index (κ2) is 16.8. The molecule has 0 saturated carbocycles. The number of methoxy groups -OCH3 is 1. The molecule has 5 heteroatoms. The maximum absolute atomic E-state index is 10.2. The van der Waals surface area contributed by atoms with Gasteiger partial charge >= 0.3 is 11.9 Å². The van der Waals surface area contributed by atoms with E-state index in [1.54, 1.807) is 13.8 Å². The summed E-state index contributed by atoms with van der Waals surface area (Å²) in [5.74, 6) is -0.706. The Balaban J connectivity index is -0.000000188. The van der Waals surface area contributed by atoms with Crippen LogP contribution < -0.4 is 5.73 Å². The van der Waals surface area contributed by atoms with Crippen molar-refractivity contribution in [2.45, 2.75) is 20.8 Å². The molecule has 0 aliphatic heterocycles. The van der Waals surface area contributed by atoms with E-state index < -0.39 is 0 Å². The van der Waals surface area contributed by atoms with Crippen LogP contribution in [0.2, 0.25) is 0 Å². The first-order chi connectivity index (χ1) is 7.90. The van der Waals surface area contributed by atoms with Gasteiger partial charge in [-0.25, -0.2) is 9.59 Å². The monoisotopic (exact) mass is 245 g/mol. The molecule has 0 bridgehead atoms. The molecule has 0 heterocycles. The van der Waals surface area contributed by atoms with Gasteiger partial charge < -0.3 is 15.2 Å². The van der Waals surface area contributed by atoms with Gasteiger partial charge in [0, 0.05) is 11.6 Å². The van der Waals surface area contributed by atoms with E-state index in [2.05, 4.69) is 22.6 Å². The van der Waals surface area contributed by atoms with Gasteiger partial charge in [-0.3, -0.25) is 0 Å². The predicted octanol–water partition coefficient (Wildman–Crippen LogP) is 1.44. The number of carbonyl (C=O) groups is 2. The van der Waals surface area contributed by atoms with Crippen molar-refractivity contribution in [3.05, 3.63) is 24.8 Å². The minimum Gasteiger partial charge on any atom is -0.466 e. The maximum atomic E-state index is 10.2. The second-order valence-corrected chi connectivity index (χ2v) is 2.64. The lowest BCUT2D eigenvalue weighted by Gasteiger charge is -1.91. The molecule has 0 aromatic rings. The van der Waals surface area contributed by atoms with Crippen LogP contribution in [0, 0.1) is 0 Å². The third-order valence-corrected chi connectivity index (χ3v) is 0.987. The minimum absolute atomic E-state index is 0.347. The highest BCUT2D eigenvalue weighted by atomic mass is 16.5. The van der Waals surface area contributed by atoms with Crippen LogP contribution in [-0.4, -0.2) is 32.2 Å². The number of hydrogen-bond acceptors (Lipinski definition) is 5. The molecule has 2 N–H and O–H groups in total. The Kier molecular flexibility index (Phi) is 20.5. The first-order valence-electron chi connectivity index (χ1n) is 5.14. The van der Waals surface area contributed by atoms with Crippen LogP contribution in [0.15, 0.2) is 24.8 Å². The molecule has 0 unspecified atom stereocenters. The highest BCUT2D eigenvalue weighted by molar-refractivity contribution is 5.86. The summed E-state index contributed by atoms with van der Waals surface area (Å²) in [5, 5.41) is 0. The molecule has 17 heavy (non-hydrogen) atoms. The van der Waals surface area contributed by atoms with Gasteiger partial charge in [0.05, 0.1) is 13.7 Å². The van der Waals surface area contributed by atoms with Gasteiger partial charge in [0.25, 0.3) is 0 Å². The number of rotatable bonds is 3. The molecule has 100 valence electrons. The van der Waals surface area contributed by atoms with Crippen molar-refractivity contribution in [2.75, 3.05) is 20.3 Å². The fraction of sp³-hybridized carbons (Fsp3) is 0.500. The molecule has 0 aliphatic carbocycles. The largest absolute Gasteiger partial charge is 0.466 e. The zero-order valence-electron chi connectivity index (χ0n) is 11.1. The summed E-state index contributed by atoms with van der Waals surface area (Å²) in [6, 6.07) is 0. The van der Waals surface area contributed by atoms with Gasteiger partial charge in [-0.1, -0.05) is 20.1 Å². The number of nitrogens with two attached hydrogens (primary N) is 1. The van der Waals surface area contributed by atoms with Crippen LogP contribution in [0.5, 0.6) is 0 Å². The number of esters is 2. The zero-order chi connectivity index (χ0) is 14.3. The molecule has 0 rings (SSSR count). The first-order valence-corrected chi connectivity index (χ1v) is 5.14. The van der Waals surface area contributed by atoms with Crippen LogP contribution in [-0.2, 0) is 19.1 Å². The topological polar surface area (TPSA) is 78.6 Å². The predicted molar refractivity (Wildman–Crippen MR) is 68.4 cm³/mol. The lowest BCUT2D eigenvalue weighted by atomic mass is 10.4. The SMILES string of the molecule is C=C(C)C(=O)OC.C=CC(=O)OCC.CCN. The van der Waals surface area contributed by atoms with E-state index in [9.17, 15) is 9.59 Å². The van der Waals surface area contributed by atoms with Crippen LogP contribution in [0.3, 0.4) is 0 Å². The third-order valence-electron chi connectivity index (χ3n) is 0.987. The number of hydrogen-bond donors (Lipinski definition) is 1. The Morgan fingerprint density at radius 2 is 1.76 bits per heavy atom. The smallest absolute Gasteiger partial charge is 0.332 e. The summed E-state index contributed by atoms with van der Waals surface area (Å²) in [6.07, 6.45) is 1.14. The summed E-state index contributed by atoms with van der Waals surface area (Å²) in [4.78, 5) is 20.3. The maximum Gasteiger partial charge on any atom is 0.332 e. The van der Waals surface area contributed by atoms with E-state index in [4.69, 9.17) is 5.73 Å². The lowest BCUT2D eigenvalue weighted by molar-refractivity contribution is -0.137. The fourth-order valence-electron chi connectivity index (χ4n) is 0.375. The Morgan fingerprint density at radius 1 is 1.35 bits per heavy atom. The van der Waals surface area contributed by atoms with Gasteiger partial charge in [-0.05, 0) is 20.4 Å². The third kappa shape index (κ3) is 25.0. The molecule has 0 fully saturated rings. The molecular formula is C12H23NO4. The molecular weight excluding hydrogens is 222 g/mol. The van der Waals surface area contributed by atoms with E-state index >= 15 is 0 Å². The summed E-state index contributed by atoms with van der Waals surface area (Å²) < 4.78 is 8.71. The van der Waals surface area contributed by atoms with Crippen molar-refractivity contribution in [3.63, 3.8) is 0 Å². The standard InChI is InChI=1S/2C5H8O2.C2H7N/c1-4(2)5(6)7-3;1-3-5(6)7-4-2;1-2-3/h1H2,2-3H3;3H,1,4H2,2H3;2-3H2,1H3. The highest BCUT2D eigenvalue weighted by Gasteiger charge is 1.95. The zero-order valence-corrected chi connectivity index (χ0v) is 11.1. The van der Waals surface area contributed by atoms with Crippen molar-refractivity contribution in [2.24, 2.45) is 5.73 Å². The Morgan fingerprint density at radius 3 is 1.82 bits per heavy atom. The van der Waals surface area contributed by atoms with Crippen molar-refractivity contribution in [1.82, 2.24) is 0 Å². The molecule has 0 atom stereocenters. The molecule has 0 radical (unpaired) electrons. The molecule has 0 amide bonds. The molecule has 0 aromatic carbocycles. The van der Waals surface area contributed by atoms with Gasteiger partial charge in [0.15, 0.2) is 0 Å². The van der Waals surface area contributed by atoms with Gasteiger partial charge in [0.1, 0.15) is 0 Å². The molecule has 0 aliphatic rings. The fourth-order valence-corrected chi connectivity index (χ4v) is 0.375. The first kappa shape index (κ1) is 20.8. The van der Waals surface area contributed by atoms with Crippen molar-refractivity contribution < 1.29 is 19.1 Å². The number of ether oxygens (including phenoxy) is 2. The molecule has 0 spiro atoms. The average Bonchev–Trinajstić information content (AvgIpc) is 2.30. The van der Waals surface area contributed by atoms with E-state index in [-0.39, 0.29) is 11.9 Å². The molecule has 0 aromatic heterocycles. The minimum atomic E-state index is -0.359. The second-order valence-electron chi connectivity index (χ2n) is 2.64. The average molecular weight is 245 g/mol. The van der Waals surface area contributed by atoms with E-state index in [0.29, 0.717) is 12.2 Å². The quantitative estimate of drug-likeness (QED) is 0.601. The van der Waals surface area contributed by atoms with Crippen LogP contribution in [0.4, 0.5) is 0 Å². The van der Waals surface area contributed by atoms with Crippen LogP contribution in [0.1, 0.15) is 20.8 Å². The van der Waals surface area contributed by atoms with Crippen LogP contribution >= 0.6 is 0 Å². The van der Waals surface area contributed by atoms with Crippen molar-refractivity contribution >= 4 is 11.9 Å². The summed E-state index contributed by atoms with van der Waals surface area (Å²) in [6.45, 7) is 13.0. The molecule has 0 saturated heterocycles. The van der Waals surface area contributed by atoms with Gasteiger partial charge in [-0.2, -0.15) is 0 Å². The summed E-state index contributed by atoms with van der Waals surface area (Å²) >= 11 is 0. The van der Waals surface area contributed by atoms with Gasteiger partial charge in [-0.15, -0.1) is 0 Å². The summed E-state index contributed by atoms with van der Waals surface area (Å²) in [7, 11) is 1.33. The number of carbonyl (C=O) groups excluding carboxylic acids is 2. The van der Waals surface area contributed by atoms with E-state index in [0.717, 1.165) is 12.6 Å². The normalized spacial score (nSPS) is 7.35. The van der Waals surface area contributed by atoms with E-state index in [1.165, 1.54) is 7.11 Å². The Labute approximate surface area is 103 Å². The van der Waals surface area contributed by atoms with Crippen LogP contribution in [0.25, 0.3) is 0 Å². The molecule has 5 nitrogen and oxygen atoms in total. The van der Waals surface area contributed by atoms with Crippen molar-refractivity contribution in [3.8, 4) is 0 Å². The van der Waals surface area contributed by atoms with E-state index in [1.807, 2.05) is 6.92 Å². The van der Waals surface area contributed by atoms with Crippen molar-refractivity contribution in [1.29, 1.82) is 0 Å². The highest BCUT2D eigenvalue weighted by Crippen LogP contribution is 1.87. The Bertz CT molecular complexity index is 235. The summed E-state index contributed by atoms with van der Waals surface area (Å²) in [5.41, 5.74) is 5.28.